The predicted octanol–water partition coefficient (Wildman–Crippen LogP) is 8.04. The van der Waals surface area contributed by atoms with Crippen LogP contribution in [0.1, 0.15) is 76.8 Å². The number of esters is 1. The van der Waals surface area contributed by atoms with E-state index < -0.39 is 37.9 Å². The van der Waals surface area contributed by atoms with Gasteiger partial charge in [0.05, 0.1) is 0 Å². The summed E-state index contributed by atoms with van der Waals surface area (Å²) in [4.78, 5) is 11.8. The normalized spacial score (nSPS) is 30.8. The van der Waals surface area contributed by atoms with Gasteiger partial charge in [0.2, 0.25) is 8.32 Å². The molecule has 3 nitrogen and oxygen atoms in total. The maximum atomic E-state index is 13.6. The fourth-order valence-corrected chi connectivity index (χ4v) is 7.56. The molecule has 9 heteroatoms. The molecule has 0 bridgehead atoms. The maximum absolute atomic E-state index is 13.6. The molecule has 0 spiro atoms. The van der Waals surface area contributed by atoms with Gasteiger partial charge in [-0.2, -0.15) is 22.0 Å². The number of carbonyl (C=O) groups is 1. The predicted molar refractivity (Wildman–Crippen MR) is 130 cm³/mol. The molecule has 3 aliphatic rings. The molecule has 0 heterocycles. The average molecular weight is 533 g/mol. The van der Waals surface area contributed by atoms with Crippen LogP contribution >= 0.6 is 0 Å². The Kier molecular flexibility index (Phi) is 6.62. The summed E-state index contributed by atoms with van der Waals surface area (Å²) in [6.07, 6.45) is -2.71. The molecule has 0 unspecified atom stereocenters. The van der Waals surface area contributed by atoms with Gasteiger partial charge in [0, 0.05) is 5.41 Å². The molecule has 0 aromatic heterocycles. The molecule has 0 aliphatic heterocycles. The van der Waals surface area contributed by atoms with Crippen LogP contribution < -0.4 is 4.43 Å². The highest BCUT2D eigenvalue weighted by Gasteiger charge is 2.66. The molecule has 0 N–H and O–H groups in total. The van der Waals surface area contributed by atoms with E-state index in [4.69, 9.17) is 9.16 Å². The van der Waals surface area contributed by atoms with Crippen molar-refractivity contribution in [1.29, 1.82) is 0 Å². The van der Waals surface area contributed by atoms with Crippen molar-refractivity contribution in [2.75, 3.05) is 0 Å². The number of rotatable bonds is 4. The monoisotopic (exact) mass is 532 g/mol. The minimum absolute atomic E-state index is 0.0916. The first-order chi connectivity index (χ1) is 16.4. The second kappa shape index (κ2) is 8.70. The highest BCUT2D eigenvalue weighted by molar-refractivity contribution is 6.74. The SMILES string of the molecule is CC(C)(C)[Si](C)(C)Oc1ccc2c(c1)CC[C@@H]1[C@@H]2CC[C@]2(C)[C@H](OC(=O)C(F)(F)C(F)(F)F)CC[C@@H]12. The van der Waals surface area contributed by atoms with Crippen LogP contribution in [0.4, 0.5) is 22.0 Å². The van der Waals surface area contributed by atoms with Gasteiger partial charge in [-0.05, 0) is 97.7 Å². The van der Waals surface area contributed by atoms with Gasteiger partial charge in [-0.3, -0.25) is 0 Å². The second-order valence-electron chi connectivity index (χ2n) is 12.7. The first kappa shape index (κ1) is 27.4. The number of alkyl halides is 5. The molecular weight excluding hydrogens is 495 g/mol. The van der Waals surface area contributed by atoms with E-state index in [1.54, 1.807) is 0 Å². The standard InChI is InChI=1S/C27H37F5O3Si/c1-24(2,3)36(5,6)35-17-8-10-18-16(15-17)7-9-20-19(18)13-14-25(4)21(20)11-12-22(25)34-23(33)26(28,29)27(30,31)32/h8,10,15,19-22H,7,9,11-14H2,1-6H3/t19-,20-,21+,22-,25+/m1/s1. The number of aryl methyl sites for hydroxylation is 1. The highest BCUT2D eigenvalue weighted by Crippen LogP contribution is 2.62. The van der Waals surface area contributed by atoms with Crippen LogP contribution in [-0.2, 0) is 16.0 Å². The van der Waals surface area contributed by atoms with Gasteiger partial charge in [0.15, 0.2) is 0 Å². The zero-order valence-corrected chi connectivity index (χ0v) is 22.9. The minimum Gasteiger partial charge on any atom is -0.543 e. The summed E-state index contributed by atoms with van der Waals surface area (Å²) in [5.41, 5.74) is 1.98. The molecule has 36 heavy (non-hydrogen) atoms. The van der Waals surface area contributed by atoms with Crippen molar-refractivity contribution < 1.29 is 35.9 Å². The molecule has 2 fully saturated rings. The number of fused-ring (bicyclic) bond motifs is 5. The highest BCUT2D eigenvalue weighted by atomic mass is 28.4. The smallest absolute Gasteiger partial charge is 0.465 e. The lowest BCUT2D eigenvalue weighted by atomic mass is 9.55. The van der Waals surface area contributed by atoms with Crippen molar-refractivity contribution in [2.24, 2.45) is 17.3 Å². The number of ether oxygens (including phenoxy) is 1. The zero-order valence-electron chi connectivity index (χ0n) is 21.9. The van der Waals surface area contributed by atoms with E-state index in [1.807, 2.05) is 13.0 Å². The third-order valence-electron chi connectivity index (χ3n) is 9.65. The van der Waals surface area contributed by atoms with Gasteiger partial charge in [-0.25, -0.2) is 4.79 Å². The van der Waals surface area contributed by atoms with Crippen LogP contribution in [0.2, 0.25) is 18.1 Å². The summed E-state index contributed by atoms with van der Waals surface area (Å²) in [5.74, 6) is -6.36. The van der Waals surface area contributed by atoms with Gasteiger partial charge in [0.25, 0.3) is 0 Å². The van der Waals surface area contributed by atoms with Crippen molar-refractivity contribution >= 4 is 14.3 Å². The fourth-order valence-electron chi connectivity index (χ4n) is 6.53. The van der Waals surface area contributed by atoms with Crippen LogP contribution in [0, 0.1) is 17.3 Å². The zero-order chi connectivity index (χ0) is 26.9. The van der Waals surface area contributed by atoms with E-state index in [1.165, 1.54) is 11.1 Å². The van der Waals surface area contributed by atoms with Gasteiger partial charge in [-0.15, -0.1) is 0 Å². The summed E-state index contributed by atoms with van der Waals surface area (Å²) in [5, 5.41) is 0.0916. The molecule has 1 aromatic rings. The summed E-state index contributed by atoms with van der Waals surface area (Å²) >= 11 is 0. The summed E-state index contributed by atoms with van der Waals surface area (Å²) < 4.78 is 76.5. The maximum Gasteiger partial charge on any atom is 0.465 e. The first-order valence-corrected chi connectivity index (χ1v) is 15.8. The van der Waals surface area contributed by atoms with Crippen LogP contribution in [0.5, 0.6) is 5.75 Å². The fraction of sp³-hybridized carbons (Fsp3) is 0.741. The van der Waals surface area contributed by atoms with Crippen molar-refractivity contribution in [3.63, 3.8) is 0 Å². The Hall–Kier alpha value is -1.64. The van der Waals surface area contributed by atoms with E-state index >= 15 is 0 Å². The minimum atomic E-state index is -5.96. The van der Waals surface area contributed by atoms with E-state index in [2.05, 4.69) is 46.0 Å². The summed E-state index contributed by atoms with van der Waals surface area (Å²) in [7, 11) is -1.96. The van der Waals surface area contributed by atoms with E-state index in [-0.39, 0.29) is 16.9 Å². The Morgan fingerprint density at radius 3 is 2.31 bits per heavy atom. The second-order valence-corrected chi connectivity index (χ2v) is 17.5. The number of hydrogen-bond acceptors (Lipinski definition) is 3. The number of halogens is 5. The van der Waals surface area contributed by atoms with Gasteiger partial charge < -0.3 is 9.16 Å². The Labute approximate surface area is 211 Å². The Balaban J connectivity index is 1.51. The number of carbonyl (C=O) groups excluding carboxylic acids is 1. The number of benzene rings is 1. The van der Waals surface area contributed by atoms with Crippen LogP contribution in [-0.4, -0.2) is 32.5 Å². The third kappa shape index (κ3) is 4.47. The molecule has 0 saturated heterocycles. The largest absolute Gasteiger partial charge is 0.543 e. The van der Waals surface area contributed by atoms with Gasteiger partial charge in [-0.1, -0.05) is 33.8 Å². The first-order valence-electron chi connectivity index (χ1n) is 12.9. The molecule has 1 aromatic carbocycles. The Bertz CT molecular complexity index is 1020. The molecular formula is C27H37F5O3Si. The Morgan fingerprint density at radius 2 is 1.69 bits per heavy atom. The molecule has 3 aliphatic carbocycles. The van der Waals surface area contributed by atoms with Gasteiger partial charge in [0.1, 0.15) is 11.9 Å². The van der Waals surface area contributed by atoms with Crippen LogP contribution in [0.3, 0.4) is 0 Å². The molecule has 4 rings (SSSR count). The van der Waals surface area contributed by atoms with Crippen molar-refractivity contribution in [3.8, 4) is 5.75 Å². The molecule has 202 valence electrons. The lowest BCUT2D eigenvalue weighted by molar-refractivity contribution is -0.284. The van der Waals surface area contributed by atoms with Crippen molar-refractivity contribution in [1.82, 2.24) is 0 Å². The molecule has 5 atom stereocenters. The molecule has 0 radical (unpaired) electrons. The topological polar surface area (TPSA) is 35.5 Å². The summed E-state index contributed by atoms with van der Waals surface area (Å²) in [6.45, 7) is 13.0. The van der Waals surface area contributed by atoms with E-state index in [9.17, 15) is 26.7 Å². The third-order valence-corrected chi connectivity index (χ3v) is 14.0. The van der Waals surface area contributed by atoms with Crippen LogP contribution in [0.25, 0.3) is 0 Å². The van der Waals surface area contributed by atoms with E-state index in [0.717, 1.165) is 25.0 Å². The quantitative estimate of drug-likeness (QED) is 0.224. The van der Waals surface area contributed by atoms with Gasteiger partial charge >= 0.3 is 18.1 Å². The average Bonchev–Trinajstić information content (AvgIpc) is 3.07. The molecule has 2 saturated carbocycles. The lowest BCUT2D eigenvalue weighted by Gasteiger charge is -2.50. The Morgan fingerprint density at radius 1 is 1.03 bits per heavy atom. The lowest BCUT2D eigenvalue weighted by Crippen LogP contribution is -2.50. The van der Waals surface area contributed by atoms with Crippen LogP contribution in [0.15, 0.2) is 18.2 Å². The van der Waals surface area contributed by atoms with Crippen molar-refractivity contribution in [3.05, 3.63) is 29.3 Å². The summed E-state index contributed by atoms with van der Waals surface area (Å²) in [6, 6.07) is 6.37. The molecule has 0 amide bonds. The van der Waals surface area contributed by atoms with Crippen molar-refractivity contribution in [2.45, 2.75) is 108 Å². The number of hydrogen-bond donors (Lipinski definition) is 0. The van der Waals surface area contributed by atoms with E-state index in [0.29, 0.717) is 25.2 Å².